The molecule has 1 aromatic heterocycles. The molecule has 0 fully saturated rings. The quantitative estimate of drug-likeness (QED) is 0.501. The highest BCUT2D eigenvalue weighted by atomic mass is 32.1. The van der Waals surface area contributed by atoms with Crippen LogP contribution in [0.2, 0.25) is 0 Å². The lowest BCUT2D eigenvalue weighted by atomic mass is 10.2. The average Bonchev–Trinajstić information content (AvgIpc) is 2.10. The summed E-state index contributed by atoms with van der Waals surface area (Å²) in [7, 11) is 1.59. The van der Waals surface area contributed by atoms with Crippen molar-refractivity contribution in [2.45, 2.75) is 6.42 Å². The normalized spacial score (nSPS) is 10.1. The van der Waals surface area contributed by atoms with Crippen LogP contribution in [0.15, 0.2) is 11.0 Å². The lowest BCUT2D eigenvalue weighted by Crippen LogP contribution is -2.33. The third kappa shape index (κ3) is 1.82. The number of aromatic nitrogens is 2. The summed E-state index contributed by atoms with van der Waals surface area (Å²) in [6.45, 7) is 0. The second-order valence-corrected chi connectivity index (χ2v) is 3.16. The Kier molecular flexibility index (Phi) is 2.70. The molecule has 1 heterocycles. The Morgan fingerprint density at radius 1 is 1.71 bits per heavy atom. The number of rotatable bonds is 2. The highest BCUT2D eigenvalue weighted by Gasteiger charge is 2.08. The summed E-state index contributed by atoms with van der Waals surface area (Å²) in [5, 5.41) is 8.52. The molecule has 0 spiro atoms. The van der Waals surface area contributed by atoms with E-state index in [4.69, 9.17) is 23.2 Å². The van der Waals surface area contributed by atoms with Crippen molar-refractivity contribution in [2.24, 2.45) is 7.05 Å². The van der Waals surface area contributed by atoms with Crippen LogP contribution in [0.1, 0.15) is 5.56 Å². The third-order valence-corrected chi connectivity index (χ3v) is 2.18. The first-order valence-corrected chi connectivity index (χ1v) is 4.12. The van der Waals surface area contributed by atoms with E-state index in [0.717, 1.165) is 4.68 Å². The molecule has 14 heavy (non-hydrogen) atoms. The maximum Gasteiger partial charge on any atom is 0.308 e. The third-order valence-electron chi connectivity index (χ3n) is 1.69. The summed E-state index contributed by atoms with van der Waals surface area (Å²) in [6.07, 6.45) is 1.02. The summed E-state index contributed by atoms with van der Waals surface area (Å²) in [4.78, 5) is 21.8. The summed E-state index contributed by atoms with van der Waals surface area (Å²) >= 11 is 4.81. The van der Waals surface area contributed by atoms with E-state index < -0.39 is 11.5 Å². The van der Waals surface area contributed by atoms with Gasteiger partial charge in [0.1, 0.15) is 0 Å². The van der Waals surface area contributed by atoms with Crippen molar-refractivity contribution < 1.29 is 9.90 Å². The molecule has 6 nitrogen and oxygen atoms in total. The first-order chi connectivity index (χ1) is 6.43. The Labute approximate surface area is 84.2 Å². The molecule has 0 amide bonds. The average molecular weight is 215 g/mol. The van der Waals surface area contributed by atoms with Crippen LogP contribution in [0.25, 0.3) is 0 Å². The zero-order valence-electron chi connectivity index (χ0n) is 7.43. The smallest absolute Gasteiger partial charge is 0.308 e. The van der Waals surface area contributed by atoms with E-state index in [9.17, 15) is 9.59 Å². The number of nitrogens with zero attached hydrogens (tertiary/aromatic N) is 2. The molecule has 1 rings (SSSR count). The van der Waals surface area contributed by atoms with Crippen LogP contribution >= 0.6 is 12.2 Å². The molecular formula is C7H9N3O3S. The van der Waals surface area contributed by atoms with E-state index in [1.807, 2.05) is 0 Å². The summed E-state index contributed by atoms with van der Waals surface area (Å²) in [6, 6.07) is 0. The molecule has 0 radical (unpaired) electrons. The Bertz CT molecular complexity index is 488. The number of nitrogen functional groups attached to an aromatic ring is 1. The van der Waals surface area contributed by atoms with Gasteiger partial charge in [0.2, 0.25) is 4.77 Å². The summed E-state index contributed by atoms with van der Waals surface area (Å²) < 4.78 is 2.33. The van der Waals surface area contributed by atoms with Gasteiger partial charge in [-0.25, -0.2) is 0 Å². The van der Waals surface area contributed by atoms with E-state index >= 15 is 0 Å². The number of aliphatic carboxylic acids is 1. The number of carboxylic acid groups (broad SMARTS) is 1. The van der Waals surface area contributed by atoms with E-state index in [1.54, 1.807) is 7.05 Å². The fourth-order valence-electron chi connectivity index (χ4n) is 1.04. The van der Waals surface area contributed by atoms with Crippen LogP contribution in [0.4, 0.5) is 0 Å². The predicted octanol–water partition coefficient (Wildman–Crippen LogP) is -0.743. The van der Waals surface area contributed by atoms with Crippen LogP contribution < -0.4 is 11.4 Å². The minimum absolute atomic E-state index is 0.108. The molecule has 0 aliphatic carbocycles. The van der Waals surface area contributed by atoms with Gasteiger partial charge in [0.15, 0.2) is 0 Å². The number of hydrogen-bond donors (Lipinski definition) is 2. The number of carboxylic acids is 1. The molecule has 3 N–H and O–H groups in total. The van der Waals surface area contributed by atoms with E-state index in [-0.39, 0.29) is 16.8 Å². The minimum Gasteiger partial charge on any atom is -0.481 e. The molecule has 1 aromatic rings. The lowest BCUT2D eigenvalue weighted by molar-refractivity contribution is -0.136. The molecule has 7 heteroatoms. The summed E-state index contributed by atoms with van der Waals surface area (Å²) in [5.74, 6) is 4.26. The first kappa shape index (κ1) is 10.5. The fourth-order valence-corrected chi connectivity index (χ4v) is 1.18. The zero-order valence-corrected chi connectivity index (χ0v) is 8.24. The highest BCUT2D eigenvalue weighted by Crippen LogP contribution is 1.93. The van der Waals surface area contributed by atoms with Crippen LogP contribution in [0.5, 0.6) is 0 Å². The van der Waals surface area contributed by atoms with Crippen LogP contribution in [0, 0.1) is 4.77 Å². The van der Waals surface area contributed by atoms with Gasteiger partial charge in [0, 0.05) is 18.8 Å². The minimum atomic E-state index is -1.08. The van der Waals surface area contributed by atoms with Crippen molar-refractivity contribution in [3.05, 3.63) is 26.9 Å². The van der Waals surface area contributed by atoms with Crippen molar-refractivity contribution >= 4 is 18.2 Å². The Balaban J connectivity index is 3.41. The lowest BCUT2D eigenvalue weighted by Gasteiger charge is -2.05. The molecule has 0 unspecified atom stereocenters. The molecule has 0 aromatic carbocycles. The van der Waals surface area contributed by atoms with Gasteiger partial charge in [-0.05, 0) is 12.2 Å². The first-order valence-electron chi connectivity index (χ1n) is 3.72. The van der Waals surface area contributed by atoms with Crippen molar-refractivity contribution in [2.75, 3.05) is 5.84 Å². The van der Waals surface area contributed by atoms with Gasteiger partial charge in [-0.2, -0.15) is 4.68 Å². The van der Waals surface area contributed by atoms with Crippen LogP contribution in [-0.2, 0) is 18.3 Å². The van der Waals surface area contributed by atoms with Gasteiger partial charge in [0.25, 0.3) is 5.56 Å². The van der Waals surface area contributed by atoms with Gasteiger partial charge in [-0.15, -0.1) is 0 Å². The molecule has 0 aliphatic rings. The molecule has 0 aliphatic heterocycles. The second kappa shape index (κ2) is 3.62. The number of nitrogens with two attached hydrogens (primary N) is 1. The Morgan fingerprint density at radius 2 is 2.29 bits per heavy atom. The monoisotopic (exact) mass is 215 g/mol. The molecule has 0 atom stereocenters. The maximum atomic E-state index is 11.4. The van der Waals surface area contributed by atoms with Gasteiger partial charge in [0.05, 0.1) is 6.42 Å². The van der Waals surface area contributed by atoms with Crippen LogP contribution in [-0.4, -0.2) is 20.3 Å². The van der Waals surface area contributed by atoms with Gasteiger partial charge < -0.3 is 15.5 Å². The molecule has 0 saturated carbocycles. The molecule has 0 saturated heterocycles. The second-order valence-electron chi connectivity index (χ2n) is 2.79. The predicted molar refractivity (Wildman–Crippen MR) is 52.0 cm³/mol. The van der Waals surface area contributed by atoms with Crippen molar-refractivity contribution in [1.29, 1.82) is 0 Å². The number of carbonyl (C=O) groups is 1. The fraction of sp³-hybridized carbons (Fsp3) is 0.286. The van der Waals surface area contributed by atoms with E-state index in [2.05, 4.69) is 0 Å². The van der Waals surface area contributed by atoms with Gasteiger partial charge in [-0.3, -0.25) is 9.59 Å². The zero-order chi connectivity index (χ0) is 10.9. The SMILES string of the molecule is Cn1cc(CC(=O)O)c(=O)n(N)c1=S. The Morgan fingerprint density at radius 3 is 2.79 bits per heavy atom. The summed E-state index contributed by atoms with van der Waals surface area (Å²) in [5.41, 5.74) is -0.466. The van der Waals surface area contributed by atoms with Crippen molar-refractivity contribution in [1.82, 2.24) is 9.24 Å². The largest absolute Gasteiger partial charge is 0.481 e. The van der Waals surface area contributed by atoms with Gasteiger partial charge >= 0.3 is 5.97 Å². The molecule has 0 bridgehead atoms. The van der Waals surface area contributed by atoms with E-state index in [0.29, 0.717) is 0 Å². The van der Waals surface area contributed by atoms with Crippen molar-refractivity contribution in [3.8, 4) is 0 Å². The van der Waals surface area contributed by atoms with Crippen molar-refractivity contribution in [3.63, 3.8) is 0 Å². The highest BCUT2D eigenvalue weighted by molar-refractivity contribution is 7.71. The van der Waals surface area contributed by atoms with E-state index in [1.165, 1.54) is 10.8 Å². The molecular weight excluding hydrogens is 206 g/mol. The number of aryl methyl sites for hydroxylation is 1. The standard InChI is InChI=1S/C7H9N3O3S/c1-9-3-4(2-5(11)12)6(13)10(8)7(9)14/h3H,2,8H2,1H3,(H,11,12). The Hall–Kier alpha value is -1.63. The van der Waals surface area contributed by atoms with Gasteiger partial charge in [-0.1, -0.05) is 0 Å². The maximum absolute atomic E-state index is 11.4. The topological polar surface area (TPSA) is 90.2 Å². The molecule has 76 valence electrons. The van der Waals surface area contributed by atoms with Crippen LogP contribution in [0.3, 0.4) is 0 Å². The number of hydrogen-bond acceptors (Lipinski definition) is 4.